The maximum atomic E-state index is 12.9. The zero-order chi connectivity index (χ0) is 17.0. The van der Waals surface area contributed by atoms with Gasteiger partial charge in [-0.3, -0.25) is 0 Å². The van der Waals surface area contributed by atoms with E-state index in [1.807, 2.05) is 6.07 Å². The van der Waals surface area contributed by atoms with E-state index in [2.05, 4.69) is 10.4 Å². The van der Waals surface area contributed by atoms with Gasteiger partial charge >= 0.3 is 5.51 Å². The van der Waals surface area contributed by atoms with Crippen LogP contribution >= 0.6 is 0 Å². The number of halogens is 3. The van der Waals surface area contributed by atoms with Crippen molar-refractivity contribution in [2.24, 2.45) is 0 Å². The number of nitriles is 1. The van der Waals surface area contributed by atoms with E-state index in [0.717, 1.165) is 5.56 Å². The molecule has 0 bridgehead atoms. The maximum Gasteiger partial charge on any atom is 0.476 e. The highest BCUT2D eigenvalue weighted by Crippen LogP contribution is 2.42. The lowest BCUT2D eigenvalue weighted by Crippen LogP contribution is -2.35. The highest BCUT2D eigenvalue weighted by Gasteiger charge is 2.45. The van der Waals surface area contributed by atoms with Crippen LogP contribution in [0.5, 0.6) is 0 Å². The van der Waals surface area contributed by atoms with Gasteiger partial charge in [0.15, 0.2) is 16.5 Å². The van der Waals surface area contributed by atoms with Crippen LogP contribution < -0.4 is 5.32 Å². The summed E-state index contributed by atoms with van der Waals surface area (Å²) >= 11 is 0. The molecule has 9 heteroatoms. The monoisotopic (exact) mass is 340 g/mol. The van der Waals surface area contributed by atoms with E-state index in [1.54, 1.807) is 38.1 Å². The Morgan fingerprint density at radius 1 is 1.35 bits per heavy atom. The van der Waals surface area contributed by atoms with Gasteiger partial charge in [-0.1, -0.05) is 18.2 Å². The van der Waals surface area contributed by atoms with Crippen LogP contribution in [0.2, 0.25) is 0 Å². The van der Waals surface area contributed by atoms with Crippen LogP contribution in [0.1, 0.15) is 25.1 Å². The summed E-state index contributed by atoms with van der Waals surface area (Å²) in [4.78, 5) is -0.637. The number of nitrogens with zero attached hydrogens (tertiary/aromatic N) is 3. The fourth-order valence-corrected chi connectivity index (χ4v) is 3.41. The van der Waals surface area contributed by atoms with Crippen LogP contribution in [0.25, 0.3) is 5.69 Å². The third-order valence-corrected chi connectivity index (χ3v) is 4.76. The van der Waals surface area contributed by atoms with Gasteiger partial charge in [0.25, 0.3) is 0 Å². The molecule has 1 aromatic carbocycles. The number of hydrogen-bond donors (Lipinski definition) is 1. The Labute approximate surface area is 132 Å². The lowest BCUT2D eigenvalue weighted by Gasteiger charge is -2.35. The summed E-state index contributed by atoms with van der Waals surface area (Å²) in [5.74, 6) is -0.0686. The molecular formula is C14H11F3N4OS. The second-order valence-corrected chi connectivity index (χ2v) is 6.94. The van der Waals surface area contributed by atoms with Gasteiger partial charge in [0, 0.05) is 5.56 Å². The van der Waals surface area contributed by atoms with E-state index in [9.17, 15) is 17.4 Å². The molecule has 1 aromatic heterocycles. The maximum absolute atomic E-state index is 12.9. The molecule has 1 atom stereocenters. The number of para-hydroxylation sites is 1. The molecule has 0 radical (unpaired) electrons. The second kappa shape index (κ2) is 4.83. The molecule has 1 N–H and O–H groups in total. The first-order valence-corrected chi connectivity index (χ1v) is 7.71. The average molecular weight is 340 g/mol. The minimum absolute atomic E-state index is 0.0686. The number of hydrogen-bond acceptors (Lipinski definition) is 4. The van der Waals surface area contributed by atoms with Crippen molar-refractivity contribution in [1.29, 1.82) is 5.26 Å². The molecular weight excluding hydrogens is 329 g/mol. The largest absolute Gasteiger partial charge is 0.476 e. The topological polar surface area (TPSA) is 70.7 Å². The normalized spacial score (nSPS) is 16.7. The summed E-state index contributed by atoms with van der Waals surface area (Å²) in [6.07, 6.45) is 0. The molecule has 5 nitrogen and oxygen atoms in total. The first-order chi connectivity index (χ1) is 10.7. The molecule has 1 unspecified atom stereocenters. The number of aromatic nitrogens is 2. The Kier molecular flexibility index (Phi) is 3.26. The van der Waals surface area contributed by atoms with E-state index in [-0.39, 0.29) is 5.82 Å². The molecule has 23 heavy (non-hydrogen) atoms. The Morgan fingerprint density at radius 2 is 2.00 bits per heavy atom. The minimum Gasteiger partial charge on any atom is -0.360 e. The fourth-order valence-electron chi connectivity index (χ4n) is 2.60. The third-order valence-electron chi connectivity index (χ3n) is 3.58. The SMILES string of the molecule is CC1(C)Nc2c(S(=O)C(F)(F)F)c(C#N)nn2-c2ccccc21. The summed E-state index contributed by atoms with van der Waals surface area (Å²) in [5, 5.41) is 15.9. The summed E-state index contributed by atoms with van der Waals surface area (Å²) in [6, 6.07) is 8.63. The van der Waals surface area contributed by atoms with Gasteiger partial charge in [0.1, 0.15) is 16.8 Å². The van der Waals surface area contributed by atoms with Crippen LogP contribution in [0.3, 0.4) is 0 Å². The predicted molar refractivity (Wildman–Crippen MR) is 77.4 cm³/mol. The molecule has 2 heterocycles. The first kappa shape index (κ1) is 15.6. The van der Waals surface area contributed by atoms with Gasteiger partial charge < -0.3 is 5.32 Å². The van der Waals surface area contributed by atoms with Crippen LogP contribution in [-0.2, 0) is 16.3 Å². The summed E-state index contributed by atoms with van der Waals surface area (Å²) in [5.41, 5.74) is -4.82. The van der Waals surface area contributed by atoms with Gasteiger partial charge in [-0.05, 0) is 19.9 Å². The molecule has 1 aliphatic heterocycles. The van der Waals surface area contributed by atoms with Crippen molar-refractivity contribution in [3.8, 4) is 11.8 Å². The molecule has 1 aliphatic rings. The van der Waals surface area contributed by atoms with Crippen LogP contribution in [0.4, 0.5) is 19.0 Å². The van der Waals surface area contributed by atoms with E-state index in [1.165, 1.54) is 4.68 Å². The fraction of sp³-hybridized carbons (Fsp3) is 0.286. The van der Waals surface area contributed by atoms with Crippen molar-refractivity contribution in [2.75, 3.05) is 5.32 Å². The first-order valence-electron chi connectivity index (χ1n) is 6.56. The predicted octanol–water partition coefficient (Wildman–Crippen LogP) is 3.03. The van der Waals surface area contributed by atoms with E-state index < -0.39 is 32.4 Å². The minimum atomic E-state index is -4.97. The van der Waals surface area contributed by atoms with Gasteiger partial charge in [-0.2, -0.15) is 23.5 Å². The Hall–Kier alpha value is -2.34. The zero-order valence-electron chi connectivity index (χ0n) is 12.1. The molecule has 120 valence electrons. The highest BCUT2D eigenvalue weighted by molar-refractivity contribution is 7.86. The van der Waals surface area contributed by atoms with Crippen LogP contribution in [0, 0.1) is 11.3 Å². The van der Waals surface area contributed by atoms with Gasteiger partial charge in [-0.25, -0.2) is 8.89 Å². The van der Waals surface area contributed by atoms with Crippen molar-refractivity contribution in [2.45, 2.75) is 29.8 Å². The number of anilines is 1. The van der Waals surface area contributed by atoms with Gasteiger partial charge in [0.05, 0.1) is 11.2 Å². The molecule has 0 saturated carbocycles. The smallest absolute Gasteiger partial charge is 0.360 e. The summed E-state index contributed by atoms with van der Waals surface area (Å²) in [6.45, 7) is 3.57. The Balaban J connectivity index is 2.33. The molecule has 0 saturated heterocycles. The molecule has 3 rings (SSSR count). The van der Waals surface area contributed by atoms with Crippen molar-refractivity contribution in [3.05, 3.63) is 35.5 Å². The molecule has 0 spiro atoms. The van der Waals surface area contributed by atoms with Gasteiger partial charge in [0.2, 0.25) is 0 Å². The van der Waals surface area contributed by atoms with Crippen molar-refractivity contribution >= 4 is 16.6 Å². The third kappa shape index (κ3) is 2.30. The molecule has 0 amide bonds. The average Bonchev–Trinajstić information content (AvgIpc) is 2.83. The Morgan fingerprint density at radius 3 is 2.61 bits per heavy atom. The van der Waals surface area contributed by atoms with Gasteiger partial charge in [-0.15, -0.1) is 0 Å². The second-order valence-electron chi connectivity index (χ2n) is 5.53. The van der Waals surface area contributed by atoms with Crippen molar-refractivity contribution in [1.82, 2.24) is 9.78 Å². The highest BCUT2D eigenvalue weighted by atomic mass is 32.2. The van der Waals surface area contributed by atoms with Crippen LogP contribution in [-0.4, -0.2) is 19.5 Å². The number of fused-ring (bicyclic) bond motifs is 3. The Bertz CT molecular complexity index is 864. The van der Waals surface area contributed by atoms with Crippen molar-refractivity contribution in [3.63, 3.8) is 0 Å². The lowest BCUT2D eigenvalue weighted by atomic mass is 9.91. The summed E-state index contributed by atoms with van der Waals surface area (Å²) < 4.78 is 51.8. The van der Waals surface area contributed by atoms with Crippen molar-refractivity contribution < 1.29 is 17.4 Å². The number of benzene rings is 1. The number of rotatable bonds is 1. The molecule has 0 aliphatic carbocycles. The summed E-state index contributed by atoms with van der Waals surface area (Å²) in [7, 11) is -3.35. The lowest BCUT2D eigenvalue weighted by molar-refractivity contribution is -0.0384. The number of nitrogens with one attached hydrogen (secondary N) is 1. The van der Waals surface area contributed by atoms with E-state index >= 15 is 0 Å². The number of alkyl halides is 3. The zero-order valence-corrected chi connectivity index (χ0v) is 12.9. The molecule has 2 aromatic rings. The van der Waals surface area contributed by atoms with Crippen LogP contribution in [0.15, 0.2) is 29.2 Å². The quantitative estimate of drug-likeness (QED) is 0.866. The standard InChI is InChI=1S/C14H11F3N4OS/c1-13(2)8-5-3-4-6-10(8)21-12(19-13)11(9(7-18)20-21)23(22)14(15,16)17/h3-6,19H,1-2H3. The van der Waals surface area contributed by atoms with E-state index in [4.69, 9.17) is 5.26 Å². The van der Waals surface area contributed by atoms with E-state index in [0.29, 0.717) is 5.69 Å². The molecule has 0 fully saturated rings.